The van der Waals surface area contributed by atoms with Crippen molar-refractivity contribution in [2.24, 2.45) is 5.73 Å². The lowest BCUT2D eigenvalue weighted by molar-refractivity contribution is 0.585. The van der Waals surface area contributed by atoms with Gasteiger partial charge in [-0.2, -0.15) is 0 Å². The molecule has 0 saturated heterocycles. The fraction of sp³-hybridized carbons (Fsp3) is 0.333. The Labute approximate surface area is 100 Å². The summed E-state index contributed by atoms with van der Waals surface area (Å²) in [7, 11) is -3.43. The molecular formula is C9H13N3O2S2. The van der Waals surface area contributed by atoms with Crippen molar-refractivity contribution < 1.29 is 8.42 Å². The molecule has 88 valence electrons. The predicted octanol–water partition coefficient (Wildman–Crippen LogP) is 0.0955. The van der Waals surface area contributed by atoms with E-state index in [1.54, 1.807) is 18.5 Å². The smallest absolute Gasteiger partial charge is 0.218 e. The summed E-state index contributed by atoms with van der Waals surface area (Å²) in [5.74, 6) is -0.327. The Balaban J connectivity index is 2.65. The van der Waals surface area contributed by atoms with E-state index in [1.807, 2.05) is 6.92 Å². The molecule has 0 aliphatic heterocycles. The van der Waals surface area contributed by atoms with Gasteiger partial charge in [-0.15, -0.1) is 0 Å². The number of aryl methyl sites for hydroxylation is 1. The second-order valence-corrected chi connectivity index (χ2v) is 5.68. The van der Waals surface area contributed by atoms with E-state index in [1.165, 1.54) is 0 Å². The molecule has 1 rings (SSSR count). The molecule has 1 aromatic heterocycles. The number of hydrogen-bond acceptors (Lipinski definition) is 4. The van der Waals surface area contributed by atoms with E-state index < -0.39 is 10.0 Å². The summed E-state index contributed by atoms with van der Waals surface area (Å²) < 4.78 is 25.3. The molecule has 0 aliphatic carbocycles. The van der Waals surface area contributed by atoms with Crippen molar-refractivity contribution in [1.82, 2.24) is 9.71 Å². The van der Waals surface area contributed by atoms with Gasteiger partial charge in [0.05, 0.1) is 4.99 Å². The van der Waals surface area contributed by atoms with E-state index >= 15 is 0 Å². The van der Waals surface area contributed by atoms with Crippen molar-refractivity contribution in [3.05, 3.63) is 29.6 Å². The minimum absolute atomic E-state index is 0.0426. The van der Waals surface area contributed by atoms with E-state index in [0.29, 0.717) is 0 Å². The third-order valence-corrected chi connectivity index (χ3v) is 3.55. The maximum Gasteiger partial charge on any atom is 0.218 e. The molecule has 5 nitrogen and oxygen atoms in total. The fourth-order valence-electron chi connectivity index (χ4n) is 1.13. The molecule has 0 amide bonds. The number of aromatic nitrogens is 1. The lowest BCUT2D eigenvalue weighted by atomic mass is 10.2. The van der Waals surface area contributed by atoms with Crippen molar-refractivity contribution >= 4 is 27.2 Å². The number of sulfonamides is 1. The van der Waals surface area contributed by atoms with E-state index in [2.05, 4.69) is 21.9 Å². The minimum Gasteiger partial charge on any atom is -0.392 e. The fourth-order valence-corrected chi connectivity index (χ4v) is 2.44. The van der Waals surface area contributed by atoms with E-state index in [0.717, 1.165) is 11.1 Å². The van der Waals surface area contributed by atoms with Gasteiger partial charge in [0.1, 0.15) is 5.75 Å². The zero-order valence-corrected chi connectivity index (χ0v) is 10.4. The maximum absolute atomic E-state index is 11.4. The lowest BCUT2D eigenvalue weighted by Gasteiger charge is -2.07. The third kappa shape index (κ3) is 4.21. The lowest BCUT2D eigenvalue weighted by Crippen LogP contribution is -2.32. The molecule has 3 N–H and O–H groups in total. The summed E-state index contributed by atoms with van der Waals surface area (Å²) in [5.41, 5.74) is 6.99. The quantitative estimate of drug-likeness (QED) is 0.732. The molecule has 0 saturated carbocycles. The summed E-state index contributed by atoms with van der Waals surface area (Å²) in [6.07, 6.45) is 3.29. The first kappa shape index (κ1) is 13.0. The summed E-state index contributed by atoms with van der Waals surface area (Å²) in [4.78, 5) is 3.88. The van der Waals surface area contributed by atoms with Gasteiger partial charge in [-0.25, -0.2) is 13.1 Å². The molecule has 1 aromatic rings. The van der Waals surface area contributed by atoms with Crippen molar-refractivity contribution in [3.63, 3.8) is 0 Å². The van der Waals surface area contributed by atoms with E-state index in [9.17, 15) is 8.42 Å². The Morgan fingerprint density at radius 1 is 1.62 bits per heavy atom. The van der Waals surface area contributed by atoms with Gasteiger partial charge in [-0.05, 0) is 24.1 Å². The molecule has 1 heterocycles. The Hall–Kier alpha value is -1.05. The van der Waals surface area contributed by atoms with Gasteiger partial charge >= 0.3 is 0 Å². The summed E-state index contributed by atoms with van der Waals surface area (Å²) in [5, 5.41) is 0. The van der Waals surface area contributed by atoms with Crippen molar-refractivity contribution in [2.45, 2.75) is 13.5 Å². The van der Waals surface area contributed by atoms with Crippen molar-refractivity contribution in [3.8, 4) is 0 Å². The first-order valence-electron chi connectivity index (χ1n) is 4.56. The standard InChI is InChI=1S/C9H13N3O2S2/c1-7-4-11-3-2-8(7)5-12-16(13,14)6-9(10)15/h2-4,12H,5-6H2,1H3,(H2,10,15). The van der Waals surface area contributed by atoms with Crippen LogP contribution in [0.5, 0.6) is 0 Å². The maximum atomic E-state index is 11.4. The van der Waals surface area contributed by atoms with Crippen LogP contribution in [-0.2, 0) is 16.6 Å². The van der Waals surface area contributed by atoms with Crippen LogP contribution in [0, 0.1) is 6.92 Å². The average Bonchev–Trinajstić information content (AvgIpc) is 2.14. The second-order valence-electron chi connectivity index (χ2n) is 3.35. The predicted molar refractivity (Wildman–Crippen MR) is 66.4 cm³/mol. The Kier molecular flexibility index (Phi) is 4.34. The highest BCUT2D eigenvalue weighted by Crippen LogP contribution is 2.04. The summed E-state index contributed by atoms with van der Waals surface area (Å²) in [6, 6.07) is 1.76. The van der Waals surface area contributed by atoms with Gasteiger partial charge in [-0.1, -0.05) is 12.2 Å². The molecule has 7 heteroatoms. The van der Waals surface area contributed by atoms with Crippen LogP contribution in [0.3, 0.4) is 0 Å². The molecule has 0 unspecified atom stereocenters. The van der Waals surface area contributed by atoms with Gasteiger partial charge in [-0.3, -0.25) is 4.98 Å². The highest BCUT2D eigenvalue weighted by Gasteiger charge is 2.11. The van der Waals surface area contributed by atoms with Crippen LogP contribution in [0.4, 0.5) is 0 Å². The van der Waals surface area contributed by atoms with E-state index in [-0.39, 0.29) is 17.3 Å². The number of nitrogens with zero attached hydrogens (tertiary/aromatic N) is 1. The monoisotopic (exact) mass is 259 g/mol. The normalized spacial score (nSPS) is 11.3. The molecule has 0 aromatic carbocycles. The number of rotatable bonds is 5. The van der Waals surface area contributed by atoms with Crippen LogP contribution in [0.25, 0.3) is 0 Å². The molecule has 0 atom stereocenters. The topological polar surface area (TPSA) is 85.1 Å². The third-order valence-electron chi connectivity index (χ3n) is 1.95. The number of pyridine rings is 1. The van der Waals surface area contributed by atoms with Crippen LogP contribution in [-0.4, -0.2) is 24.1 Å². The van der Waals surface area contributed by atoms with Crippen molar-refractivity contribution in [1.29, 1.82) is 0 Å². The minimum atomic E-state index is -3.43. The average molecular weight is 259 g/mol. The molecule has 0 radical (unpaired) electrons. The van der Waals surface area contributed by atoms with E-state index in [4.69, 9.17) is 5.73 Å². The molecule has 16 heavy (non-hydrogen) atoms. The Morgan fingerprint density at radius 3 is 2.88 bits per heavy atom. The molecule has 0 spiro atoms. The number of nitrogens with two attached hydrogens (primary N) is 1. The van der Waals surface area contributed by atoms with Crippen LogP contribution in [0.2, 0.25) is 0 Å². The number of thiocarbonyl (C=S) groups is 1. The van der Waals surface area contributed by atoms with Gasteiger partial charge < -0.3 is 5.73 Å². The second kappa shape index (κ2) is 5.33. The van der Waals surface area contributed by atoms with Crippen molar-refractivity contribution in [2.75, 3.05) is 5.75 Å². The van der Waals surface area contributed by atoms with Crippen LogP contribution >= 0.6 is 12.2 Å². The Morgan fingerprint density at radius 2 is 2.31 bits per heavy atom. The van der Waals surface area contributed by atoms with Gasteiger partial charge in [0.15, 0.2) is 0 Å². The molecule has 0 fully saturated rings. The van der Waals surface area contributed by atoms with Gasteiger partial charge in [0, 0.05) is 18.9 Å². The first-order chi connectivity index (χ1) is 7.41. The van der Waals surface area contributed by atoms with Gasteiger partial charge in [0.2, 0.25) is 10.0 Å². The van der Waals surface area contributed by atoms with Crippen LogP contribution in [0.1, 0.15) is 11.1 Å². The highest BCUT2D eigenvalue weighted by molar-refractivity contribution is 7.92. The molecular weight excluding hydrogens is 246 g/mol. The van der Waals surface area contributed by atoms with Crippen LogP contribution in [0.15, 0.2) is 18.5 Å². The van der Waals surface area contributed by atoms with Gasteiger partial charge in [0.25, 0.3) is 0 Å². The SMILES string of the molecule is Cc1cnccc1CNS(=O)(=O)CC(N)=S. The zero-order chi connectivity index (χ0) is 12.2. The number of hydrogen-bond donors (Lipinski definition) is 2. The summed E-state index contributed by atoms with van der Waals surface area (Å²) >= 11 is 4.55. The Bertz CT molecular complexity index is 485. The molecule has 0 aliphatic rings. The van der Waals surface area contributed by atoms with Crippen LogP contribution < -0.4 is 10.5 Å². The summed E-state index contributed by atoms with van der Waals surface area (Å²) in [6.45, 7) is 2.09. The first-order valence-corrected chi connectivity index (χ1v) is 6.62. The molecule has 0 bridgehead atoms. The zero-order valence-electron chi connectivity index (χ0n) is 8.80. The largest absolute Gasteiger partial charge is 0.392 e. The highest BCUT2D eigenvalue weighted by atomic mass is 32.2. The number of nitrogens with one attached hydrogen (secondary N) is 1.